The van der Waals surface area contributed by atoms with E-state index >= 15 is 0 Å². The first-order valence-corrected chi connectivity index (χ1v) is 8.63. The van der Waals surface area contributed by atoms with E-state index in [9.17, 15) is 4.79 Å². The molecule has 0 unspecified atom stereocenters. The van der Waals surface area contributed by atoms with Crippen molar-refractivity contribution in [1.29, 1.82) is 0 Å². The minimum atomic E-state index is -0.0427. The normalized spacial score (nSPS) is 11.6. The molecule has 0 saturated heterocycles. The minimum absolute atomic E-state index is 0.0427. The summed E-state index contributed by atoms with van der Waals surface area (Å²) in [6.45, 7) is 0.592. The summed E-state index contributed by atoms with van der Waals surface area (Å²) in [5.41, 5.74) is 3.26. The van der Waals surface area contributed by atoms with Crippen molar-refractivity contribution in [2.45, 2.75) is 6.54 Å². The Morgan fingerprint density at radius 1 is 1.04 bits per heavy atom. The molecular formula is C22H17N3O. The molecule has 4 nitrogen and oxygen atoms in total. The smallest absolute Gasteiger partial charge is 0.227 e. The number of nitrogens with one attached hydrogen (secondary N) is 1. The van der Waals surface area contributed by atoms with Gasteiger partial charge in [-0.15, -0.1) is 0 Å². The molecule has 3 aromatic carbocycles. The van der Waals surface area contributed by atoms with Gasteiger partial charge in [0.25, 0.3) is 0 Å². The summed E-state index contributed by atoms with van der Waals surface area (Å²) in [6, 6.07) is 18.5. The van der Waals surface area contributed by atoms with Crippen LogP contribution in [0.2, 0.25) is 0 Å². The van der Waals surface area contributed by atoms with E-state index in [1.54, 1.807) is 6.20 Å². The number of aromatic nitrogens is 2. The molecule has 126 valence electrons. The molecule has 1 N–H and O–H groups in total. The van der Waals surface area contributed by atoms with Gasteiger partial charge in [0, 0.05) is 36.8 Å². The van der Waals surface area contributed by atoms with E-state index in [1.165, 1.54) is 16.3 Å². The average Bonchev–Trinajstić information content (AvgIpc) is 3.10. The van der Waals surface area contributed by atoms with Gasteiger partial charge in [0.05, 0.1) is 11.2 Å². The number of anilines is 1. The maximum absolute atomic E-state index is 12.9. The molecule has 0 aliphatic heterocycles. The highest BCUT2D eigenvalue weighted by Crippen LogP contribution is 2.26. The van der Waals surface area contributed by atoms with Gasteiger partial charge in [0.2, 0.25) is 5.43 Å². The first-order valence-electron chi connectivity index (χ1n) is 8.63. The molecule has 0 atom stereocenters. The summed E-state index contributed by atoms with van der Waals surface area (Å²) in [5.74, 6) is 0. The Bertz CT molecular complexity index is 1310. The second kappa shape index (κ2) is 5.56. The minimum Gasteiger partial charge on any atom is -0.378 e. The third-order valence-electron chi connectivity index (χ3n) is 5.06. The Labute approximate surface area is 150 Å². The Balaban J connectivity index is 1.60. The van der Waals surface area contributed by atoms with Crippen LogP contribution in [-0.4, -0.2) is 9.55 Å². The Morgan fingerprint density at radius 3 is 2.81 bits per heavy atom. The number of rotatable bonds is 3. The van der Waals surface area contributed by atoms with Crippen molar-refractivity contribution in [2.75, 3.05) is 5.32 Å². The molecule has 5 rings (SSSR count). The molecule has 0 amide bonds. The maximum Gasteiger partial charge on any atom is 0.227 e. The molecule has 0 bridgehead atoms. The summed E-state index contributed by atoms with van der Waals surface area (Å²) in [5, 5.41) is 7.69. The molecule has 0 saturated carbocycles. The molecule has 5 aromatic rings. The standard InChI is InChI=1S/C22H17N3O/c1-25-10-9-16-13-24-21-20(16)19(25)11-18(22(21)26)23-12-15-7-4-6-14-5-2-3-8-17(14)15/h2-11,13,23H,12H2,1H3. The number of nitrogens with zero attached hydrogens (tertiary/aromatic N) is 2. The fourth-order valence-corrected chi connectivity index (χ4v) is 3.69. The number of hydrogen-bond acceptors (Lipinski definition) is 3. The summed E-state index contributed by atoms with van der Waals surface area (Å²) in [4.78, 5) is 17.2. The second-order valence-corrected chi connectivity index (χ2v) is 6.63. The number of aryl methyl sites for hydroxylation is 1. The van der Waals surface area contributed by atoms with Gasteiger partial charge in [-0.1, -0.05) is 42.5 Å². The highest BCUT2D eigenvalue weighted by Gasteiger charge is 2.14. The molecular weight excluding hydrogens is 322 g/mol. The maximum atomic E-state index is 12.9. The molecule has 2 heterocycles. The van der Waals surface area contributed by atoms with Crippen molar-refractivity contribution in [3.63, 3.8) is 0 Å². The van der Waals surface area contributed by atoms with Crippen LogP contribution < -0.4 is 10.7 Å². The van der Waals surface area contributed by atoms with Crippen LogP contribution in [0.1, 0.15) is 5.56 Å². The third-order valence-corrected chi connectivity index (χ3v) is 5.06. The van der Waals surface area contributed by atoms with Crippen molar-refractivity contribution < 1.29 is 0 Å². The van der Waals surface area contributed by atoms with Gasteiger partial charge in [-0.05, 0) is 28.5 Å². The topological polar surface area (TPSA) is 46.9 Å². The van der Waals surface area contributed by atoms with Gasteiger partial charge >= 0.3 is 0 Å². The predicted octanol–water partition coefficient (Wildman–Crippen LogP) is 4.29. The van der Waals surface area contributed by atoms with Gasteiger partial charge in [-0.3, -0.25) is 9.78 Å². The fraction of sp³-hybridized carbons (Fsp3) is 0.0909. The van der Waals surface area contributed by atoms with E-state index in [-0.39, 0.29) is 5.43 Å². The largest absolute Gasteiger partial charge is 0.378 e. The lowest BCUT2D eigenvalue weighted by Gasteiger charge is -2.11. The van der Waals surface area contributed by atoms with Crippen molar-refractivity contribution >= 4 is 38.3 Å². The van der Waals surface area contributed by atoms with Crippen LogP contribution >= 0.6 is 0 Å². The zero-order chi connectivity index (χ0) is 17.7. The Kier molecular flexibility index (Phi) is 3.19. The zero-order valence-electron chi connectivity index (χ0n) is 14.4. The summed E-state index contributed by atoms with van der Waals surface area (Å²) in [6.07, 6.45) is 3.77. The van der Waals surface area contributed by atoms with E-state index < -0.39 is 0 Å². The molecule has 2 aromatic heterocycles. The first kappa shape index (κ1) is 14.9. The molecule has 0 fully saturated rings. The van der Waals surface area contributed by atoms with Crippen LogP contribution in [0.4, 0.5) is 5.69 Å². The van der Waals surface area contributed by atoms with Gasteiger partial charge in [0.1, 0.15) is 5.52 Å². The van der Waals surface area contributed by atoms with Crippen LogP contribution in [0.15, 0.2) is 71.8 Å². The SMILES string of the molecule is Cn1ccc2cnc3c(=O)c(NCc4cccc5ccccc45)cc1c23. The fourth-order valence-electron chi connectivity index (χ4n) is 3.69. The lowest BCUT2D eigenvalue weighted by atomic mass is 10.0. The Hall–Kier alpha value is -3.40. The van der Waals surface area contributed by atoms with Crippen LogP contribution in [0.25, 0.3) is 32.6 Å². The van der Waals surface area contributed by atoms with E-state index in [1.807, 2.05) is 48.1 Å². The lowest BCUT2D eigenvalue weighted by Crippen LogP contribution is -2.12. The number of pyridine rings is 1. The van der Waals surface area contributed by atoms with Crippen LogP contribution in [0.5, 0.6) is 0 Å². The van der Waals surface area contributed by atoms with E-state index in [2.05, 4.69) is 34.6 Å². The number of fused-ring (bicyclic) bond motifs is 1. The third kappa shape index (κ3) is 2.15. The van der Waals surface area contributed by atoms with Crippen molar-refractivity contribution in [2.24, 2.45) is 7.05 Å². The quantitative estimate of drug-likeness (QED) is 0.533. The van der Waals surface area contributed by atoms with Crippen molar-refractivity contribution in [3.05, 3.63) is 82.8 Å². The summed E-state index contributed by atoms with van der Waals surface area (Å²) >= 11 is 0. The molecule has 0 radical (unpaired) electrons. The highest BCUT2D eigenvalue weighted by atomic mass is 16.1. The predicted molar refractivity (Wildman–Crippen MR) is 107 cm³/mol. The molecule has 0 aliphatic carbocycles. The average molecular weight is 339 g/mol. The first-order chi connectivity index (χ1) is 12.7. The van der Waals surface area contributed by atoms with Crippen molar-refractivity contribution in [1.82, 2.24) is 9.55 Å². The number of benzene rings is 3. The summed E-state index contributed by atoms with van der Waals surface area (Å²) in [7, 11) is 1.99. The summed E-state index contributed by atoms with van der Waals surface area (Å²) < 4.78 is 2.03. The van der Waals surface area contributed by atoms with E-state index in [0.29, 0.717) is 17.7 Å². The Morgan fingerprint density at radius 2 is 1.88 bits per heavy atom. The molecule has 0 spiro atoms. The molecule has 4 heteroatoms. The number of hydrogen-bond donors (Lipinski definition) is 1. The van der Waals surface area contributed by atoms with E-state index in [4.69, 9.17) is 0 Å². The van der Waals surface area contributed by atoms with Crippen LogP contribution in [-0.2, 0) is 13.6 Å². The van der Waals surface area contributed by atoms with Crippen molar-refractivity contribution in [3.8, 4) is 0 Å². The highest BCUT2D eigenvalue weighted by molar-refractivity contribution is 6.09. The van der Waals surface area contributed by atoms with Gasteiger partial charge in [-0.25, -0.2) is 0 Å². The van der Waals surface area contributed by atoms with Crippen LogP contribution in [0, 0.1) is 0 Å². The molecule has 0 aliphatic rings. The zero-order valence-corrected chi connectivity index (χ0v) is 14.4. The molecule has 26 heavy (non-hydrogen) atoms. The van der Waals surface area contributed by atoms with E-state index in [0.717, 1.165) is 16.3 Å². The van der Waals surface area contributed by atoms with Crippen LogP contribution in [0.3, 0.4) is 0 Å². The lowest BCUT2D eigenvalue weighted by molar-refractivity contribution is 0.956. The van der Waals surface area contributed by atoms with Gasteiger partial charge in [-0.2, -0.15) is 0 Å². The van der Waals surface area contributed by atoms with Gasteiger partial charge in [0.15, 0.2) is 0 Å². The monoisotopic (exact) mass is 339 g/mol. The second-order valence-electron chi connectivity index (χ2n) is 6.63. The van der Waals surface area contributed by atoms with Gasteiger partial charge < -0.3 is 9.88 Å².